The Morgan fingerprint density at radius 3 is 2.33 bits per heavy atom. The van der Waals surface area contributed by atoms with E-state index in [0.29, 0.717) is 5.56 Å². The highest BCUT2D eigenvalue weighted by molar-refractivity contribution is 5.97. The minimum atomic E-state index is -0.523. The molecule has 108 valence electrons. The quantitative estimate of drug-likeness (QED) is 0.479. The van der Waals surface area contributed by atoms with Gasteiger partial charge in [0.1, 0.15) is 0 Å². The zero-order valence-electron chi connectivity index (χ0n) is 11.8. The van der Waals surface area contributed by atoms with Gasteiger partial charge in [0.2, 0.25) is 0 Å². The molecule has 0 bridgehead atoms. The summed E-state index contributed by atoms with van der Waals surface area (Å²) >= 11 is 0. The first-order valence-electron chi connectivity index (χ1n) is 6.45. The molecule has 5 heteroatoms. The molecule has 5 nitrogen and oxygen atoms in total. The zero-order chi connectivity index (χ0) is 15.4. The normalized spacial score (nSPS) is 10.2. The maximum absolute atomic E-state index is 12.0. The molecule has 0 aliphatic carbocycles. The molecule has 0 aliphatic heterocycles. The third kappa shape index (κ3) is 3.66. The Morgan fingerprint density at radius 1 is 1.10 bits per heavy atom. The van der Waals surface area contributed by atoms with Crippen LogP contribution in [0.3, 0.4) is 0 Å². The molecule has 0 heterocycles. The lowest BCUT2D eigenvalue weighted by Crippen LogP contribution is -2.12. The summed E-state index contributed by atoms with van der Waals surface area (Å²) in [5, 5.41) is 10.9. The van der Waals surface area contributed by atoms with Crippen LogP contribution in [0.2, 0.25) is 0 Å². The van der Waals surface area contributed by atoms with Gasteiger partial charge in [-0.15, -0.1) is 0 Å². The number of nitrogens with zero attached hydrogens (tertiary/aromatic N) is 1. The topological polar surface area (TPSA) is 69.4 Å². The molecule has 2 aromatic carbocycles. The number of benzene rings is 2. The van der Waals surface area contributed by atoms with Crippen molar-refractivity contribution in [3.05, 3.63) is 69.3 Å². The number of rotatable bonds is 5. The number of carbonyl (C=O) groups excluding carboxylic acids is 1. The lowest BCUT2D eigenvalue weighted by atomic mass is 10.1. The van der Waals surface area contributed by atoms with Gasteiger partial charge in [0.25, 0.3) is 0 Å². The van der Waals surface area contributed by atoms with Gasteiger partial charge in [-0.2, -0.15) is 0 Å². The molecule has 2 rings (SSSR count). The van der Waals surface area contributed by atoms with E-state index in [2.05, 4.69) is 0 Å². The molecule has 0 atom stereocenters. The first-order valence-corrected chi connectivity index (χ1v) is 6.45. The van der Waals surface area contributed by atoms with E-state index in [1.54, 1.807) is 31.2 Å². The number of ketones is 1. The van der Waals surface area contributed by atoms with E-state index >= 15 is 0 Å². The fraction of sp³-hybridized carbons (Fsp3) is 0.188. The Bertz CT molecular complexity index is 677. The zero-order valence-corrected chi connectivity index (χ0v) is 11.8. The van der Waals surface area contributed by atoms with Crippen LogP contribution in [0.1, 0.15) is 21.5 Å². The van der Waals surface area contributed by atoms with Gasteiger partial charge in [-0.1, -0.05) is 35.9 Å². The lowest BCUT2D eigenvalue weighted by Gasteiger charge is -2.07. The Labute approximate surface area is 122 Å². The van der Waals surface area contributed by atoms with E-state index in [4.69, 9.17) is 4.74 Å². The van der Waals surface area contributed by atoms with Crippen molar-refractivity contribution in [2.45, 2.75) is 13.8 Å². The Balaban J connectivity index is 2.12. The van der Waals surface area contributed by atoms with Crippen molar-refractivity contribution in [3.8, 4) is 5.75 Å². The maximum atomic E-state index is 12.0. The Morgan fingerprint density at radius 2 is 1.71 bits per heavy atom. The van der Waals surface area contributed by atoms with Crippen molar-refractivity contribution >= 4 is 11.5 Å². The second-order valence-electron chi connectivity index (χ2n) is 4.81. The van der Waals surface area contributed by atoms with Crippen LogP contribution in [0.5, 0.6) is 5.75 Å². The maximum Gasteiger partial charge on any atom is 0.310 e. The van der Waals surface area contributed by atoms with Crippen LogP contribution in [0, 0.1) is 24.0 Å². The summed E-state index contributed by atoms with van der Waals surface area (Å²) in [7, 11) is 0. The van der Waals surface area contributed by atoms with Crippen LogP contribution >= 0.6 is 0 Å². The molecule has 0 fully saturated rings. The van der Waals surface area contributed by atoms with Gasteiger partial charge in [0, 0.05) is 11.6 Å². The average molecular weight is 285 g/mol. The molecule has 0 aliphatic rings. The van der Waals surface area contributed by atoms with Crippen molar-refractivity contribution in [2.75, 3.05) is 6.61 Å². The number of hydrogen-bond acceptors (Lipinski definition) is 4. The summed E-state index contributed by atoms with van der Waals surface area (Å²) < 4.78 is 5.33. The number of ether oxygens (including phenoxy) is 1. The van der Waals surface area contributed by atoms with Crippen molar-refractivity contribution in [1.82, 2.24) is 0 Å². The molecular weight excluding hydrogens is 270 g/mol. The highest BCUT2D eigenvalue weighted by atomic mass is 16.6. The SMILES string of the molecule is Cc1ccc(C(=O)COc2cc(C)ccc2[N+](=O)[O-])cc1. The Hall–Kier alpha value is -2.69. The fourth-order valence-corrected chi connectivity index (χ4v) is 1.85. The second kappa shape index (κ2) is 6.17. The van der Waals surface area contributed by atoms with Crippen molar-refractivity contribution in [1.29, 1.82) is 0 Å². The molecular formula is C16H15NO4. The van der Waals surface area contributed by atoms with Gasteiger partial charge in [-0.25, -0.2) is 0 Å². The lowest BCUT2D eigenvalue weighted by molar-refractivity contribution is -0.385. The minimum Gasteiger partial charge on any atom is -0.478 e. The summed E-state index contributed by atoms with van der Waals surface area (Å²) in [6.45, 7) is 3.51. The number of carbonyl (C=O) groups is 1. The van der Waals surface area contributed by atoms with E-state index in [1.807, 2.05) is 19.1 Å². The average Bonchev–Trinajstić information content (AvgIpc) is 2.45. The van der Waals surface area contributed by atoms with Crippen LogP contribution in [0.15, 0.2) is 42.5 Å². The van der Waals surface area contributed by atoms with Crippen LogP contribution < -0.4 is 4.74 Å². The highest BCUT2D eigenvalue weighted by Crippen LogP contribution is 2.27. The monoisotopic (exact) mass is 285 g/mol. The smallest absolute Gasteiger partial charge is 0.310 e. The summed E-state index contributed by atoms with van der Waals surface area (Å²) in [5.74, 6) is -0.105. The summed E-state index contributed by atoms with van der Waals surface area (Å²) in [6, 6.07) is 11.7. The first kappa shape index (κ1) is 14.7. The molecule has 0 aromatic heterocycles. The molecule has 0 radical (unpaired) electrons. The number of aryl methyl sites for hydroxylation is 2. The van der Waals surface area contributed by atoms with Crippen LogP contribution in [0.4, 0.5) is 5.69 Å². The molecule has 0 saturated carbocycles. The van der Waals surface area contributed by atoms with Crippen LogP contribution in [-0.4, -0.2) is 17.3 Å². The molecule has 2 aromatic rings. The van der Waals surface area contributed by atoms with E-state index in [0.717, 1.165) is 11.1 Å². The van der Waals surface area contributed by atoms with Gasteiger partial charge >= 0.3 is 5.69 Å². The Kier molecular flexibility index (Phi) is 4.33. The number of nitro groups is 1. The van der Waals surface area contributed by atoms with Gasteiger partial charge in [0.15, 0.2) is 18.1 Å². The summed E-state index contributed by atoms with van der Waals surface area (Å²) in [5.41, 5.74) is 2.27. The molecule has 0 spiro atoms. The third-order valence-corrected chi connectivity index (χ3v) is 3.04. The number of Topliss-reactive ketones (excluding diaryl/α,β-unsaturated/α-hetero) is 1. The molecule has 0 N–H and O–H groups in total. The van der Waals surface area contributed by atoms with E-state index in [-0.39, 0.29) is 23.8 Å². The fourth-order valence-electron chi connectivity index (χ4n) is 1.85. The minimum absolute atomic E-state index is 0.112. The van der Waals surface area contributed by atoms with Gasteiger partial charge in [-0.3, -0.25) is 14.9 Å². The van der Waals surface area contributed by atoms with Crippen molar-refractivity contribution in [3.63, 3.8) is 0 Å². The molecule has 21 heavy (non-hydrogen) atoms. The predicted octanol–water partition coefficient (Wildman–Crippen LogP) is 3.47. The summed E-state index contributed by atoms with van der Waals surface area (Å²) in [4.78, 5) is 22.4. The van der Waals surface area contributed by atoms with Crippen LogP contribution in [-0.2, 0) is 0 Å². The molecule has 0 unspecified atom stereocenters. The number of hydrogen-bond donors (Lipinski definition) is 0. The van der Waals surface area contributed by atoms with Gasteiger partial charge in [-0.05, 0) is 25.5 Å². The van der Waals surface area contributed by atoms with E-state index in [9.17, 15) is 14.9 Å². The van der Waals surface area contributed by atoms with Crippen LogP contribution in [0.25, 0.3) is 0 Å². The van der Waals surface area contributed by atoms with Gasteiger partial charge < -0.3 is 4.74 Å². The largest absolute Gasteiger partial charge is 0.478 e. The highest BCUT2D eigenvalue weighted by Gasteiger charge is 2.16. The van der Waals surface area contributed by atoms with Crippen molar-refractivity contribution < 1.29 is 14.5 Å². The van der Waals surface area contributed by atoms with E-state index in [1.165, 1.54) is 6.07 Å². The van der Waals surface area contributed by atoms with Crippen molar-refractivity contribution in [2.24, 2.45) is 0 Å². The first-order chi connectivity index (χ1) is 9.97. The molecule has 0 amide bonds. The van der Waals surface area contributed by atoms with Gasteiger partial charge in [0.05, 0.1) is 4.92 Å². The number of nitro benzene ring substituents is 1. The summed E-state index contributed by atoms with van der Waals surface area (Å²) in [6.07, 6.45) is 0. The third-order valence-electron chi connectivity index (χ3n) is 3.04. The van der Waals surface area contributed by atoms with E-state index < -0.39 is 4.92 Å². The second-order valence-corrected chi connectivity index (χ2v) is 4.81. The standard InChI is InChI=1S/C16H15NO4/c1-11-3-6-13(7-4-11)15(18)10-21-16-9-12(2)5-8-14(16)17(19)20/h3-9H,10H2,1-2H3. The molecule has 0 saturated heterocycles. The predicted molar refractivity (Wildman–Crippen MR) is 78.8 cm³/mol.